The Morgan fingerprint density at radius 1 is 0.778 bits per heavy atom. The van der Waals surface area contributed by atoms with Gasteiger partial charge in [0.1, 0.15) is 0 Å². The number of aryl methyl sites for hydroxylation is 1. The van der Waals surface area contributed by atoms with Crippen molar-refractivity contribution < 1.29 is 4.79 Å². The van der Waals surface area contributed by atoms with Gasteiger partial charge in [-0.2, -0.15) is 0 Å². The van der Waals surface area contributed by atoms with Gasteiger partial charge in [-0.25, -0.2) is 4.98 Å². The molecular weight excluding hydrogens is 332 g/mol. The smallest absolute Gasteiger partial charge is 0.185 e. The Balaban J connectivity index is 1.48. The number of hydrogen-bond acceptors (Lipinski definition) is 2. The van der Waals surface area contributed by atoms with Gasteiger partial charge in [-0.3, -0.25) is 4.79 Å². The van der Waals surface area contributed by atoms with Gasteiger partial charge in [-0.15, -0.1) is 0 Å². The summed E-state index contributed by atoms with van der Waals surface area (Å²) in [6, 6.07) is 8.02. The van der Waals surface area contributed by atoms with Crippen molar-refractivity contribution in [3.8, 4) is 0 Å². The van der Waals surface area contributed by atoms with Gasteiger partial charge in [0.2, 0.25) is 0 Å². The molecule has 0 aliphatic carbocycles. The van der Waals surface area contributed by atoms with E-state index in [1.807, 2.05) is 18.2 Å². The van der Waals surface area contributed by atoms with Gasteiger partial charge < -0.3 is 4.57 Å². The predicted octanol–water partition coefficient (Wildman–Crippen LogP) is 7.33. The summed E-state index contributed by atoms with van der Waals surface area (Å²) in [5, 5.41) is 0. The summed E-state index contributed by atoms with van der Waals surface area (Å²) in [5.41, 5.74) is 2.00. The first-order valence-corrected chi connectivity index (χ1v) is 11.3. The predicted molar refractivity (Wildman–Crippen MR) is 115 cm³/mol. The van der Waals surface area contributed by atoms with Crippen LogP contribution in [0.2, 0.25) is 0 Å². The molecule has 3 nitrogen and oxygen atoms in total. The topological polar surface area (TPSA) is 34.9 Å². The van der Waals surface area contributed by atoms with Crippen LogP contribution < -0.4 is 0 Å². The second-order valence-electron chi connectivity index (χ2n) is 7.82. The summed E-state index contributed by atoms with van der Waals surface area (Å²) in [4.78, 5) is 15.7. The summed E-state index contributed by atoms with van der Waals surface area (Å²) in [7, 11) is 0. The van der Waals surface area contributed by atoms with E-state index in [1.165, 1.54) is 83.5 Å². The van der Waals surface area contributed by atoms with Gasteiger partial charge in [0.15, 0.2) is 12.1 Å². The Labute approximate surface area is 165 Å². The number of carbonyl (C=O) groups excluding carboxylic acids is 1. The molecule has 0 unspecified atom stereocenters. The number of fused-ring (bicyclic) bond motifs is 1. The summed E-state index contributed by atoms with van der Waals surface area (Å²) in [6.07, 6.45) is 20.0. The molecule has 1 aromatic heterocycles. The molecular formula is C24H38N2O. The molecule has 150 valence electrons. The molecule has 0 bridgehead atoms. The van der Waals surface area contributed by atoms with Crippen LogP contribution in [0.15, 0.2) is 24.3 Å². The molecule has 27 heavy (non-hydrogen) atoms. The number of nitrogens with zero attached hydrogens (tertiary/aromatic N) is 2. The molecule has 0 saturated carbocycles. The van der Waals surface area contributed by atoms with E-state index in [9.17, 15) is 4.79 Å². The highest BCUT2D eigenvalue weighted by Gasteiger charge is 2.08. The first kappa shape index (κ1) is 21.7. The molecule has 0 amide bonds. The number of imidazole rings is 1. The monoisotopic (exact) mass is 370 g/mol. The third-order valence-corrected chi connectivity index (χ3v) is 5.52. The normalized spacial score (nSPS) is 11.3. The highest BCUT2D eigenvalue weighted by molar-refractivity contribution is 5.82. The van der Waals surface area contributed by atoms with Crippen molar-refractivity contribution in [3.63, 3.8) is 0 Å². The first-order chi connectivity index (χ1) is 13.4. The van der Waals surface area contributed by atoms with Gasteiger partial charge in [0, 0.05) is 6.54 Å². The molecule has 0 radical (unpaired) electrons. The number of aldehydes is 1. The number of rotatable bonds is 16. The molecule has 0 saturated heterocycles. The lowest BCUT2D eigenvalue weighted by Gasteiger charge is -2.06. The number of unbranched alkanes of at least 4 members (excludes halogenated alkanes) is 13. The Kier molecular flexibility index (Phi) is 10.8. The van der Waals surface area contributed by atoms with Crippen molar-refractivity contribution in [1.29, 1.82) is 0 Å². The summed E-state index contributed by atoms with van der Waals surface area (Å²) >= 11 is 0. The van der Waals surface area contributed by atoms with E-state index in [0.717, 1.165) is 30.3 Å². The number of carbonyl (C=O) groups is 1. The standard InChI is InChI=1S/C24H38N2O/c1-2-3-4-5-6-7-8-9-10-11-12-13-14-17-20-26-23-19-16-15-18-22(23)25-24(26)21-27/h15-16,18-19,21H,2-14,17,20H2,1H3. The van der Waals surface area contributed by atoms with Crippen LogP contribution in [-0.4, -0.2) is 15.8 Å². The summed E-state index contributed by atoms with van der Waals surface area (Å²) in [6.45, 7) is 3.18. The molecule has 2 aromatic rings. The van der Waals surface area contributed by atoms with Crippen LogP contribution in [0.4, 0.5) is 0 Å². The van der Waals surface area contributed by atoms with E-state index in [2.05, 4.69) is 22.5 Å². The third-order valence-electron chi connectivity index (χ3n) is 5.52. The van der Waals surface area contributed by atoms with Gasteiger partial charge in [0.05, 0.1) is 11.0 Å². The van der Waals surface area contributed by atoms with E-state index >= 15 is 0 Å². The average molecular weight is 371 g/mol. The molecule has 2 rings (SSSR count). The SMILES string of the molecule is CCCCCCCCCCCCCCCCn1c(C=O)nc2ccccc21. The highest BCUT2D eigenvalue weighted by atomic mass is 16.1. The van der Waals surface area contributed by atoms with E-state index < -0.39 is 0 Å². The van der Waals surface area contributed by atoms with Crippen LogP contribution in [0, 0.1) is 0 Å². The first-order valence-electron chi connectivity index (χ1n) is 11.3. The lowest BCUT2D eigenvalue weighted by atomic mass is 10.0. The van der Waals surface area contributed by atoms with Gasteiger partial charge in [-0.05, 0) is 18.6 Å². The Morgan fingerprint density at radius 3 is 1.85 bits per heavy atom. The van der Waals surface area contributed by atoms with Crippen molar-refractivity contribution in [3.05, 3.63) is 30.1 Å². The average Bonchev–Trinajstić information content (AvgIpc) is 3.06. The molecule has 1 aromatic carbocycles. The zero-order chi connectivity index (χ0) is 19.2. The molecule has 0 aliphatic heterocycles. The van der Waals surface area contributed by atoms with Gasteiger partial charge in [0.25, 0.3) is 0 Å². The fourth-order valence-electron chi connectivity index (χ4n) is 3.88. The zero-order valence-electron chi connectivity index (χ0n) is 17.3. The molecule has 0 fully saturated rings. The number of hydrogen-bond donors (Lipinski definition) is 0. The summed E-state index contributed by atoms with van der Waals surface area (Å²) < 4.78 is 2.07. The maximum atomic E-state index is 11.3. The van der Waals surface area contributed by atoms with Crippen LogP contribution in [0.1, 0.15) is 107 Å². The number of para-hydroxylation sites is 2. The Hall–Kier alpha value is -1.64. The van der Waals surface area contributed by atoms with Gasteiger partial charge >= 0.3 is 0 Å². The second kappa shape index (κ2) is 13.5. The molecule has 0 atom stereocenters. The minimum absolute atomic E-state index is 0.561. The summed E-state index contributed by atoms with van der Waals surface area (Å²) in [5.74, 6) is 0.561. The molecule has 3 heteroatoms. The maximum Gasteiger partial charge on any atom is 0.185 e. The maximum absolute atomic E-state index is 11.3. The van der Waals surface area contributed by atoms with Gasteiger partial charge in [-0.1, -0.05) is 103 Å². The van der Waals surface area contributed by atoms with Crippen LogP contribution in [0.3, 0.4) is 0 Å². The fourth-order valence-corrected chi connectivity index (χ4v) is 3.88. The molecule has 1 heterocycles. The Bertz CT molecular complexity index is 647. The second-order valence-corrected chi connectivity index (χ2v) is 7.82. The van der Waals surface area contributed by atoms with Crippen molar-refractivity contribution in [2.75, 3.05) is 0 Å². The minimum atomic E-state index is 0.561. The quantitative estimate of drug-likeness (QED) is 0.229. The highest BCUT2D eigenvalue weighted by Crippen LogP contribution is 2.17. The lowest BCUT2D eigenvalue weighted by Crippen LogP contribution is -2.03. The Morgan fingerprint density at radius 2 is 1.30 bits per heavy atom. The minimum Gasteiger partial charge on any atom is -0.322 e. The van der Waals surface area contributed by atoms with E-state index in [1.54, 1.807) is 0 Å². The van der Waals surface area contributed by atoms with Crippen LogP contribution in [0.25, 0.3) is 11.0 Å². The van der Waals surface area contributed by atoms with E-state index in [4.69, 9.17) is 0 Å². The number of aromatic nitrogens is 2. The van der Waals surface area contributed by atoms with Crippen LogP contribution in [-0.2, 0) is 6.54 Å². The van der Waals surface area contributed by atoms with E-state index in [-0.39, 0.29) is 0 Å². The van der Waals surface area contributed by atoms with Crippen LogP contribution in [0.5, 0.6) is 0 Å². The fraction of sp³-hybridized carbons (Fsp3) is 0.667. The van der Waals surface area contributed by atoms with Crippen LogP contribution >= 0.6 is 0 Å². The van der Waals surface area contributed by atoms with E-state index in [0.29, 0.717) is 5.82 Å². The number of benzene rings is 1. The molecule has 0 aliphatic rings. The molecule has 0 N–H and O–H groups in total. The van der Waals surface area contributed by atoms with Crippen molar-refractivity contribution in [2.45, 2.75) is 103 Å². The van der Waals surface area contributed by atoms with Crippen molar-refractivity contribution in [2.24, 2.45) is 0 Å². The zero-order valence-corrected chi connectivity index (χ0v) is 17.3. The van der Waals surface area contributed by atoms with Crippen molar-refractivity contribution in [1.82, 2.24) is 9.55 Å². The largest absolute Gasteiger partial charge is 0.322 e. The third kappa shape index (κ3) is 7.86. The lowest BCUT2D eigenvalue weighted by molar-refractivity contribution is 0.111. The van der Waals surface area contributed by atoms with Crippen molar-refractivity contribution >= 4 is 17.3 Å². The molecule has 0 spiro atoms.